The lowest BCUT2D eigenvalue weighted by atomic mass is 9.88. The average molecular weight is 339 g/mol. The number of hydrogen-bond donors (Lipinski definition) is 1. The molecule has 1 N–H and O–H groups in total. The maximum Gasteiger partial charge on any atom is 0.294 e. The number of nitrogens with zero attached hydrogens (tertiary/aromatic N) is 2. The van der Waals surface area contributed by atoms with Gasteiger partial charge in [0.25, 0.3) is 5.69 Å². The number of benzene rings is 1. The Bertz CT molecular complexity index is 774. The van der Waals surface area contributed by atoms with E-state index >= 15 is 0 Å². The van der Waals surface area contributed by atoms with Crippen molar-refractivity contribution in [1.29, 1.82) is 0 Å². The van der Waals surface area contributed by atoms with Crippen LogP contribution in [0.4, 0.5) is 5.69 Å². The maximum atomic E-state index is 11.9. The Labute approximate surface area is 148 Å². The van der Waals surface area contributed by atoms with Crippen LogP contribution in [0.2, 0.25) is 0 Å². The summed E-state index contributed by atoms with van der Waals surface area (Å²) in [5.41, 5.74) is 5.00. The van der Waals surface area contributed by atoms with E-state index in [2.05, 4.69) is 29.4 Å². The van der Waals surface area contributed by atoms with Crippen LogP contribution in [0, 0.1) is 17.0 Å². The van der Waals surface area contributed by atoms with Gasteiger partial charge in [-0.2, -0.15) is 0 Å². The molecule has 0 saturated carbocycles. The molecule has 0 fully saturated rings. The third-order valence-corrected chi connectivity index (χ3v) is 5.04. The minimum Gasteiger partial charge on any atom is -0.315 e. The molecule has 1 atom stereocenters. The Morgan fingerprint density at radius 1 is 1.36 bits per heavy atom. The number of aryl methyl sites for hydroxylation is 1. The zero-order valence-electron chi connectivity index (χ0n) is 14.9. The normalized spacial score (nSPS) is 17.0. The molecule has 1 aromatic carbocycles. The number of rotatable bonds is 5. The van der Waals surface area contributed by atoms with Crippen molar-refractivity contribution in [3.63, 3.8) is 0 Å². The number of hydrogen-bond acceptors (Lipinski definition) is 4. The van der Waals surface area contributed by atoms with Crippen molar-refractivity contribution in [2.75, 3.05) is 13.1 Å². The fourth-order valence-corrected chi connectivity index (χ4v) is 3.70. The van der Waals surface area contributed by atoms with Crippen LogP contribution in [0.3, 0.4) is 0 Å². The highest BCUT2D eigenvalue weighted by molar-refractivity contribution is 5.53. The predicted octanol–water partition coefficient (Wildman–Crippen LogP) is 3.92. The molecule has 0 saturated heterocycles. The molecule has 0 radical (unpaired) electrons. The number of nitrogens with one attached hydrogen (secondary N) is 1. The van der Waals surface area contributed by atoms with Gasteiger partial charge in [-0.15, -0.1) is 0 Å². The summed E-state index contributed by atoms with van der Waals surface area (Å²) in [5.74, 6) is -0.0833. The van der Waals surface area contributed by atoms with Crippen LogP contribution in [-0.2, 0) is 12.8 Å². The molecule has 0 spiro atoms. The van der Waals surface area contributed by atoms with Crippen LogP contribution in [-0.4, -0.2) is 23.0 Å². The summed E-state index contributed by atoms with van der Waals surface area (Å²) >= 11 is 0. The largest absolute Gasteiger partial charge is 0.315 e. The van der Waals surface area contributed by atoms with E-state index in [1.807, 2.05) is 19.1 Å². The first kappa shape index (κ1) is 17.5. The number of pyridine rings is 1. The predicted molar refractivity (Wildman–Crippen MR) is 99.1 cm³/mol. The molecule has 0 amide bonds. The first-order valence-corrected chi connectivity index (χ1v) is 9.04. The zero-order chi connectivity index (χ0) is 17.8. The molecular formula is C20H25N3O2. The van der Waals surface area contributed by atoms with Gasteiger partial charge in [0.15, 0.2) is 0 Å². The lowest BCUT2D eigenvalue weighted by molar-refractivity contribution is -0.386. The zero-order valence-corrected chi connectivity index (χ0v) is 14.9. The van der Waals surface area contributed by atoms with Crippen LogP contribution in [0.15, 0.2) is 30.5 Å². The van der Waals surface area contributed by atoms with Crippen molar-refractivity contribution in [3.8, 4) is 0 Å². The van der Waals surface area contributed by atoms with E-state index in [1.165, 1.54) is 5.56 Å². The Hall–Kier alpha value is -2.27. The number of fused-ring (bicyclic) bond motifs is 1. The van der Waals surface area contributed by atoms with E-state index in [0.29, 0.717) is 12.2 Å². The minimum atomic E-state index is -0.228. The second-order valence-corrected chi connectivity index (χ2v) is 6.72. The third kappa shape index (κ3) is 3.56. The van der Waals surface area contributed by atoms with Gasteiger partial charge < -0.3 is 5.32 Å². The Balaban J connectivity index is 2.15. The second kappa shape index (κ2) is 7.74. The highest BCUT2D eigenvalue weighted by Crippen LogP contribution is 2.36. The molecule has 5 heteroatoms. The minimum absolute atomic E-state index is 0.0833. The molecule has 1 aliphatic rings. The van der Waals surface area contributed by atoms with Gasteiger partial charge in [-0.05, 0) is 49.4 Å². The van der Waals surface area contributed by atoms with Gasteiger partial charge in [-0.1, -0.05) is 37.6 Å². The van der Waals surface area contributed by atoms with Crippen molar-refractivity contribution >= 4 is 5.69 Å². The molecule has 0 aliphatic carbocycles. The van der Waals surface area contributed by atoms with Gasteiger partial charge in [0, 0.05) is 24.2 Å². The number of unbranched alkanes of at least 4 members (excludes halogenated alkanes) is 1. The molecule has 3 rings (SSSR count). The first-order valence-electron chi connectivity index (χ1n) is 9.04. The Kier molecular flexibility index (Phi) is 5.43. The van der Waals surface area contributed by atoms with Gasteiger partial charge in [0.1, 0.15) is 5.69 Å². The highest BCUT2D eigenvalue weighted by Gasteiger charge is 2.31. The third-order valence-electron chi connectivity index (χ3n) is 5.04. The van der Waals surface area contributed by atoms with Crippen molar-refractivity contribution in [1.82, 2.24) is 10.3 Å². The molecule has 1 aromatic heterocycles. The summed E-state index contributed by atoms with van der Waals surface area (Å²) < 4.78 is 0. The topological polar surface area (TPSA) is 68.1 Å². The van der Waals surface area contributed by atoms with Crippen molar-refractivity contribution < 1.29 is 4.92 Å². The standard InChI is InChI=1S/C20H25N3O2/c1-3-4-8-16-14(2)12-22-19(20(16)23(24)25)18-13-21-11-10-15-7-5-6-9-17(15)18/h5-7,9,12,18,21H,3-4,8,10-11,13H2,1-2H3. The lowest BCUT2D eigenvalue weighted by Gasteiger charge is -2.19. The maximum absolute atomic E-state index is 11.9. The monoisotopic (exact) mass is 339 g/mol. The summed E-state index contributed by atoms with van der Waals surface area (Å²) in [7, 11) is 0. The smallest absolute Gasteiger partial charge is 0.294 e. The fraction of sp³-hybridized carbons (Fsp3) is 0.450. The molecule has 25 heavy (non-hydrogen) atoms. The summed E-state index contributed by atoms with van der Waals surface area (Å²) in [6, 6.07) is 8.25. The average Bonchev–Trinajstić information content (AvgIpc) is 2.82. The molecule has 2 heterocycles. The number of aromatic nitrogens is 1. The highest BCUT2D eigenvalue weighted by atomic mass is 16.6. The van der Waals surface area contributed by atoms with E-state index in [-0.39, 0.29) is 16.5 Å². The van der Waals surface area contributed by atoms with Gasteiger partial charge in [0.2, 0.25) is 0 Å². The van der Waals surface area contributed by atoms with Crippen molar-refractivity contribution in [3.05, 3.63) is 68.5 Å². The van der Waals surface area contributed by atoms with E-state index in [1.54, 1.807) is 6.20 Å². The quantitative estimate of drug-likeness (QED) is 0.662. The summed E-state index contributed by atoms with van der Waals surface area (Å²) in [6.45, 7) is 5.60. The molecular weight excluding hydrogens is 314 g/mol. The Morgan fingerprint density at radius 2 is 2.16 bits per heavy atom. The van der Waals surface area contributed by atoms with Crippen LogP contribution in [0.1, 0.15) is 53.6 Å². The van der Waals surface area contributed by atoms with Gasteiger partial charge >= 0.3 is 0 Å². The molecule has 132 valence electrons. The van der Waals surface area contributed by atoms with Crippen LogP contribution in [0.5, 0.6) is 0 Å². The molecule has 1 unspecified atom stereocenters. The fourth-order valence-electron chi connectivity index (χ4n) is 3.70. The molecule has 2 aromatic rings. The van der Waals surface area contributed by atoms with E-state index in [4.69, 9.17) is 0 Å². The molecule has 1 aliphatic heterocycles. The van der Waals surface area contributed by atoms with Crippen molar-refractivity contribution in [2.45, 2.75) is 45.4 Å². The van der Waals surface area contributed by atoms with Crippen LogP contribution in [0.25, 0.3) is 0 Å². The summed E-state index contributed by atoms with van der Waals surface area (Å²) in [4.78, 5) is 16.3. The van der Waals surface area contributed by atoms with E-state index in [9.17, 15) is 10.1 Å². The van der Waals surface area contributed by atoms with Crippen LogP contribution >= 0.6 is 0 Å². The summed E-state index contributed by atoms with van der Waals surface area (Å²) in [6.07, 6.45) is 5.44. The van der Waals surface area contributed by atoms with Crippen molar-refractivity contribution in [2.24, 2.45) is 0 Å². The summed E-state index contributed by atoms with van der Waals surface area (Å²) in [5, 5.41) is 15.4. The van der Waals surface area contributed by atoms with E-state index in [0.717, 1.165) is 48.9 Å². The number of nitro groups is 1. The SMILES string of the molecule is CCCCc1c(C)cnc(C2CNCCc3ccccc32)c1[N+](=O)[O-]. The van der Waals surface area contributed by atoms with E-state index < -0.39 is 0 Å². The van der Waals surface area contributed by atoms with Crippen LogP contribution < -0.4 is 5.32 Å². The first-order chi connectivity index (χ1) is 12.1. The second-order valence-electron chi connectivity index (χ2n) is 6.72. The molecule has 0 bridgehead atoms. The Morgan fingerprint density at radius 3 is 2.92 bits per heavy atom. The lowest BCUT2D eigenvalue weighted by Crippen LogP contribution is -2.22. The van der Waals surface area contributed by atoms with Gasteiger partial charge in [-0.25, -0.2) is 0 Å². The van der Waals surface area contributed by atoms with Gasteiger partial charge in [-0.3, -0.25) is 15.1 Å². The van der Waals surface area contributed by atoms with Gasteiger partial charge in [0.05, 0.1) is 4.92 Å². The molecule has 5 nitrogen and oxygen atoms in total.